The fourth-order valence-electron chi connectivity index (χ4n) is 3.42. The third-order valence-corrected chi connectivity index (χ3v) is 4.83. The minimum absolute atomic E-state index is 0.306. The lowest BCUT2D eigenvalue weighted by molar-refractivity contribution is -0.295. The summed E-state index contributed by atoms with van der Waals surface area (Å²) in [4.78, 5) is 4.35. The molecule has 4 fully saturated rings. The van der Waals surface area contributed by atoms with Crippen molar-refractivity contribution in [1.82, 2.24) is 9.80 Å². The molecule has 4 unspecified atom stereocenters. The predicted octanol–water partition coefficient (Wildman–Crippen LogP) is -0.230. The van der Waals surface area contributed by atoms with E-state index in [0.29, 0.717) is 45.4 Å². The minimum Gasteiger partial charge on any atom is -0.364 e. The Labute approximate surface area is 118 Å². The van der Waals surface area contributed by atoms with Crippen LogP contribution in [0, 0.1) is 0 Å². The number of ether oxygens (including phenoxy) is 5. The highest BCUT2D eigenvalue weighted by Crippen LogP contribution is 2.36. The van der Waals surface area contributed by atoms with Gasteiger partial charge in [0, 0.05) is 6.92 Å². The van der Waals surface area contributed by atoms with Gasteiger partial charge < -0.3 is 23.7 Å². The van der Waals surface area contributed by atoms with E-state index in [2.05, 4.69) is 16.7 Å². The first-order chi connectivity index (χ1) is 9.61. The summed E-state index contributed by atoms with van der Waals surface area (Å²) in [5, 5.41) is 0. The van der Waals surface area contributed by atoms with Gasteiger partial charge >= 0.3 is 0 Å². The molecule has 4 saturated heterocycles. The topological polar surface area (TPSA) is 52.6 Å². The van der Waals surface area contributed by atoms with Gasteiger partial charge in [-0.15, -0.1) is 0 Å². The Morgan fingerprint density at radius 3 is 2.40 bits per heavy atom. The minimum atomic E-state index is -0.716. The molecule has 0 aromatic rings. The zero-order valence-electron chi connectivity index (χ0n) is 12.0. The zero-order valence-corrected chi connectivity index (χ0v) is 12.0. The molecular formula is C13H22N2O5. The van der Waals surface area contributed by atoms with Gasteiger partial charge in [0.2, 0.25) is 5.91 Å². The van der Waals surface area contributed by atoms with Gasteiger partial charge in [0.15, 0.2) is 0 Å². The molecule has 114 valence electrons. The van der Waals surface area contributed by atoms with E-state index in [9.17, 15) is 0 Å². The van der Waals surface area contributed by atoms with Crippen molar-refractivity contribution < 1.29 is 23.7 Å². The van der Waals surface area contributed by atoms with Crippen LogP contribution in [0.15, 0.2) is 0 Å². The molecule has 0 aromatic heterocycles. The van der Waals surface area contributed by atoms with E-state index in [0.717, 1.165) is 13.2 Å². The summed E-state index contributed by atoms with van der Waals surface area (Å²) in [6.45, 7) is 8.45. The third kappa shape index (κ3) is 1.93. The Morgan fingerprint density at radius 1 is 0.950 bits per heavy atom. The van der Waals surface area contributed by atoms with E-state index < -0.39 is 11.6 Å². The van der Waals surface area contributed by atoms with Gasteiger partial charge in [0.25, 0.3) is 0 Å². The van der Waals surface area contributed by atoms with E-state index in [1.54, 1.807) is 0 Å². The lowest BCUT2D eigenvalue weighted by Crippen LogP contribution is -2.52. The Bertz CT molecular complexity index is 361. The van der Waals surface area contributed by atoms with Crippen molar-refractivity contribution >= 4 is 0 Å². The van der Waals surface area contributed by atoms with E-state index >= 15 is 0 Å². The molecule has 4 rings (SSSR count). The Morgan fingerprint density at radius 2 is 1.60 bits per heavy atom. The molecule has 0 saturated carbocycles. The normalized spacial score (nSPS) is 48.9. The fraction of sp³-hybridized carbons (Fsp3) is 1.00. The summed E-state index contributed by atoms with van der Waals surface area (Å²) in [5.41, 5.74) is -0.438. The van der Waals surface area contributed by atoms with Crippen molar-refractivity contribution in [3.05, 3.63) is 0 Å². The molecule has 0 N–H and O–H groups in total. The molecule has 4 heterocycles. The smallest absolute Gasteiger partial charge is 0.229 e. The largest absolute Gasteiger partial charge is 0.364 e. The summed E-state index contributed by atoms with van der Waals surface area (Å²) in [7, 11) is 0. The van der Waals surface area contributed by atoms with E-state index in [1.807, 2.05) is 6.92 Å². The van der Waals surface area contributed by atoms with Crippen molar-refractivity contribution in [2.45, 2.75) is 37.6 Å². The van der Waals surface area contributed by atoms with Crippen LogP contribution in [0.1, 0.15) is 13.8 Å². The molecular weight excluding hydrogens is 264 g/mol. The first-order valence-electron chi connectivity index (χ1n) is 7.22. The standard InChI is InChI=1S/C13H22N2O5/c1-12(14-8-16-3-10(14)5-18-12)7-20-13(2)15-9-17-4-11(15)6-19-13/h10-11H,3-9H2,1-2H3. The van der Waals surface area contributed by atoms with Crippen LogP contribution in [0.5, 0.6) is 0 Å². The number of hydrogen-bond acceptors (Lipinski definition) is 7. The number of hydrogen-bond donors (Lipinski definition) is 0. The zero-order chi connectivity index (χ0) is 13.8. The van der Waals surface area contributed by atoms with Gasteiger partial charge in [0.1, 0.15) is 19.2 Å². The van der Waals surface area contributed by atoms with Crippen molar-refractivity contribution in [3.63, 3.8) is 0 Å². The molecule has 4 aliphatic heterocycles. The predicted molar refractivity (Wildman–Crippen MR) is 67.6 cm³/mol. The molecule has 0 amide bonds. The molecule has 7 heteroatoms. The fourth-order valence-corrected chi connectivity index (χ4v) is 3.42. The average molecular weight is 286 g/mol. The van der Waals surface area contributed by atoms with E-state index in [4.69, 9.17) is 23.7 Å². The van der Waals surface area contributed by atoms with Crippen molar-refractivity contribution in [1.29, 1.82) is 0 Å². The van der Waals surface area contributed by atoms with Crippen LogP contribution in [0.25, 0.3) is 0 Å². The van der Waals surface area contributed by atoms with Crippen molar-refractivity contribution in [3.8, 4) is 0 Å². The summed E-state index contributed by atoms with van der Waals surface area (Å²) >= 11 is 0. The third-order valence-electron chi connectivity index (χ3n) is 4.83. The van der Waals surface area contributed by atoms with Gasteiger partial charge in [-0.2, -0.15) is 0 Å². The van der Waals surface area contributed by atoms with E-state index in [1.165, 1.54) is 0 Å². The van der Waals surface area contributed by atoms with E-state index in [-0.39, 0.29) is 0 Å². The number of fused-ring (bicyclic) bond motifs is 2. The molecule has 0 aliphatic carbocycles. The first-order valence-corrected chi connectivity index (χ1v) is 7.22. The van der Waals surface area contributed by atoms with Crippen LogP contribution in [0.4, 0.5) is 0 Å². The monoisotopic (exact) mass is 286 g/mol. The van der Waals surface area contributed by atoms with Crippen LogP contribution >= 0.6 is 0 Å². The SMILES string of the molecule is CC1(COC2(C)OCC3COCN32)OCC2COCN21. The summed E-state index contributed by atoms with van der Waals surface area (Å²) in [5.74, 6) is -0.716. The Balaban J connectivity index is 1.42. The maximum atomic E-state index is 6.10. The molecule has 7 nitrogen and oxygen atoms in total. The van der Waals surface area contributed by atoms with Crippen LogP contribution in [0.2, 0.25) is 0 Å². The van der Waals surface area contributed by atoms with Gasteiger partial charge in [0.05, 0.1) is 45.1 Å². The Kier molecular flexibility index (Phi) is 3.08. The quantitative estimate of drug-likeness (QED) is 0.710. The number of rotatable bonds is 3. The van der Waals surface area contributed by atoms with Gasteiger partial charge in [-0.1, -0.05) is 0 Å². The van der Waals surface area contributed by atoms with Crippen LogP contribution in [-0.4, -0.2) is 80.0 Å². The summed E-state index contributed by atoms with van der Waals surface area (Å²) in [6, 6.07) is 0.656. The molecule has 0 aromatic carbocycles. The second-order valence-corrected chi connectivity index (χ2v) is 6.23. The number of nitrogens with zero attached hydrogens (tertiary/aromatic N) is 2. The molecule has 0 radical (unpaired) electrons. The van der Waals surface area contributed by atoms with Crippen molar-refractivity contribution in [2.24, 2.45) is 0 Å². The lowest BCUT2D eigenvalue weighted by atomic mass is 10.2. The molecule has 0 bridgehead atoms. The Hall–Kier alpha value is -0.280. The van der Waals surface area contributed by atoms with Crippen molar-refractivity contribution in [2.75, 3.05) is 46.5 Å². The molecule has 4 aliphatic rings. The van der Waals surface area contributed by atoms with Crippen LogP contribution in [-0.2, 0) is 23.7 Å². The highest BCUT2D eigenvalue weighted by atomic mass is 16.7. The summed E-state index contributed by atoms with van der Waals surface area (Å²) in [6.07, 6.45) is 0. The molecule has 0 spiro atoms. The van der Waals surface area contributed by atoms with Gasteiger partial charge in [-0.25, -0.2) is 9.80 Å². The van der Waals surface area contributed by atoms with Crippen LogP contribution < -0.4 is 0 Å². The molecule has 20 heavy (non-hydrogen) atoms. The van der Waals surface area contributed by atoms with Gasteiger partial charge in [-0.3, -0.25) is 0 Å². The van der Waals surface area contributed by atoms with Crippen LogP contribution in [0.3, 0.4) is 0 Å². The molecule has 4 atom stereocenters. The maximum absolute atomic E-state index is 6.10. The highest BCUT2D eigenvalue weighted by Gasteiger charge is 2.52. The lowest BCUT2D eigenvalue weighted by Gasteiger charge is -2.37. The average Bonchev–Trinajstić information content (AvgIpc) is 3.15. The first kappa shape index (κ1) is 13.4. The van der Waals surface area contributed by atoms with Gasteiger partial charge in [-0.05, 0) is 6.92 Å². The highest BCUT2D eigenvalue weighted by molar-refractivity contribution is 4.92. The maximum Gasteiger partial charge on any atom is 0.229 e. The second-order valence-electron chi connectivity index (χ2n) is 6.23. The summed E-state index contributed by atoms with van der Waals surface area (Å²) < 4.78 is 28.9. The second kappa shape index (κ2) is 4.61.